The molecule has 4 aromatic rings. The van der Waals surface area contributed by atoms with Gasteiger partial charge in [0.25, 0.3) is 0 Å². The number of aryl methyl sites for hydroxylation is 1. The highest BCUT2D eigenvalue weighted by molar-refractivity contribution is 5.95. The summed E-state index contributed by atoms with van der Waals surface area (Å²) in [4.78, 5) is 3.91. The zero-order chi connectivity index (χ0) is 25.9. The molecule has 0 fully saturated rings. The first kappa shape index (κ1) is 25.7. The molecular weight excluding hydrogens is 476 g/mol. The van der Waals surface area contributed by atoms with E-state index >= 15 is 4.39 Å². The van der Waals surface area contributed by atoms with Gasteiger partial charge >= 0.3 is 6.18 Å². The number of ether oxygens (including phenoxy) is 2. The fraction of sp³-hybridized carbons (Fsp3) is 0.296. The van der Waals surface area contributed by atoms with Crippen molar-refractivity contribution in [2.45, 2.75) is 39.6 Å². The largest absolute Gasteiger partial charge is 0.489 e. The lowest BCUT2D eigenvalue weighted by molar-refractivity contribution is -0.136. The van der Waals surface area contributed by atoms with Crippen LogP contribution in [0.4, 0.5) is 17.6 Å². The lowest BCUT2D eigenvalue weighted by Gasteiger charge is -2.14. The summed E-state index contributed by atoms with van der Waals surface area (Å²) in [6.07, 6.45) is -2.02. The normalized spacial score (nSPS) is 11.9. The van der Waals surface area contributed by atoms with E-state index in [1.807, 2.05) is 32.0 Å². The van der Waals surface area contributed by atoms with E-state index in [2.05, 4.69) is 4.98 Å². The molecule has 0 amide bonds. The van der Waals surface area contributed by atoms with Gasteiger partial charge in [0.15, 0.2) is 5.82 Å². The van der Waals surface area contributed by atoms with Crippen molar-refractivity contribution in [1.82, 2.24) is 4.98 Å². The lowest BCUT2D eigenvalue weighted by atomic mass is 9.98. The van der Waals surface area contributed by atoms with Gasteiger partial charge in [0.05, 0.1) is 12.3 Å². The molecule has 0 spiro atoms. The Kier molecular flexibility index (Phi) is 7.61. The van der Waals surface area contributed by atoms with E-state index < -0.39 is 17.6 Å². The molecule has 0 bridgehead atoms. The summed E-state index contributed by atoms with van der Waals surface area (Å²) in [7, 11) is 0. The van der Waals surface area contributed by atoms with Gasteiger partial charge in [0.2, 0.25) is 0 Å². The van der Waals surface area contributed by atoms with Gasteiger partial charge < -0.3 is 19.6 Å². The van der Waals surface area contributed by atoms with Crippen molar-refractivity contribution in [3.8, 4) is 16.9 Å². The molecule has 190 valence electrons. The number of rotatable bonds is 9. The Morgan fingerprint density at radius 2 is 1.89 bits per heavy atom. The topological polar surface area (TPSA) is 70.5 Å². The van der Waals surface area contributed by atoms with Crippen LogP contribution in [0.3, 0.4) is 0 Å². The number of aromatic nitrogens is 1. The van der Waals surface area contributed by atoms with Crippen molar-refractivity contribution in [3.05, 3.63) is 82.6 Å². The van der Waals surface area contributed by atoms with Gasteiger partial charge in [0, 0.05) is 35.9 Å². The van der Waals surface area contributed by atoms with E-state index in [1.54, 1.807) is 6.07 Å². The second kappa shape index (κ2) is 10.7. The van der Waals surface area contributed by atoms with Crippen LogP contribution < -0.4 is 10.5 Å². The van der Waals surface area contributed by atoms with Crippen LogP contribution in [0.1, 0.15) is 34.9 Å². The Morgan fingerprint density at radius 1 is 1.08 bits per heavy atom. The quantitative estimate of drug-likeness (QED) is 0.207. The number of benzene rings is 2. The van der Waals surface area contributed by atoms with Gasteiger partial charge in [-0.15, -0.1) is 0 Å². The zero-order valence-electron chi connectivity index (χ0n) is 19.9. The minimum Gasteiger partial charge on any atom is -0.489 e. The minimum atomic E-state index is -4.65. The van der Waals surface area contributed by atoms with Crippen LogP contribution in [0.25, 0.3) is 22.1 Å². The van der Waals surface area contributed by atoms with Crippen LogP contribution in [-0.2, 0) is 30.5 Å². The summed E-state index contributed by atoms with van der Waals surface area (Å²) in [5.41, 5.74) is 7.09. The van der Waals surface area contributed by atoms with Crippen molar-refractivity contribution in [2.24, 2.45) is 5.73 Å². The Balaban J connectivity index is 1.77. The predicted octanol–water partition coefficient (Wildman–Crippen LogP) is 6.58. The van der Waals surface area contributed by atoms with Crippen LogP contribution in [0.15, 0.2) is 53.3 Å². The number of furan rings is 1. The lowest BCUT2D eigenvalue weighted by Crippen LogP contribution is -2.06. The smallest absolute Gasteiger partial charge is 0.420 e. The van der Waals surface area contributed by atoms with E-state index in [9.17, 15) is 13.2 Å². The van der Waals surface area contributed by atoms with E-state index in [0.717, 1.165) is 11.1 Å². The first-order valence-corrected chi connectivity index (χ1v) is 11.5. The Hall–Kier alpha value is -3.43. The van der Waals surface area contributed by atoms with Crippen molar-refractivity contribution in [2.75, 3.05) is 13.2 Å². The summed E-state index contributed by atoms with van der Waals surface area (Å²) < 4.78 is 73.0. The highest BCUT2D eigenvalue weighted by Gasteiger charge is 2.35. The Labute approximate surface area is 205 Å². The third-order valence-electron chi connectivity index (χ3n) is 5.82. The monoisotopic (exact) mass is 502 g/mol. The van der Waals surface area contributed by atoms with Crippen LogP contribution in [0.5, 0.6) is 5.75 Å². The molecule has 0 radical (unpaired) electrons. The molecule has 2 N–H and O–H groups in total. The van der Waals surface area contributed by atoms with Gasteiger partial charge in [0.1, 0.15) is 29.8 Å². The summed E-state index contributed by atoms with van der Waals surface area (Å²) in [5.74, 6) is -0.0960. The molecule has 0 saturated heterocycles. The third kappa shape index (κ3) is 5.37. The van der Waals surface area contributed by atoms with E-state index in [1.165, 1.54) is 18.3 Å². The minimum absolute atomic E-state index is 0.00334. The number of nitrogens with two attached hydrogens (primary N) is 1. The molecule has 0 unspecified atom stereocenters. The van der Waals surface area contributed by atoms with Crippen LogP contribution in [0.2, 0.25) is 0 Å². The van der Waals surface area contributed by atoms with Crippen molar-refractivity contribution in [3.63, 3.8) is 0 Å². The second-order valence-corrected chi connectivity index (χ2v) is 8.34. The van der Waals surface area contributed by atoms with E-state index in [0.29, 0.717) is 37.2 Å². The number of nitrogens with zero attached hydrogens (tertiary/aromatic N) is 1. The highest BCUT2D eigenvalue weighted by Crippen LogP contribution is 2.41. The van der Waals surface area contributed by atoms with Crippen LogP contribution in [0, 0.1) is 12.7 Å². The maximum Gasteiger partial charge on any atom is 0.420 e. The fourth-order valence-electron chi connectivity index (χ4n) is 4.03. The zero-order valence-corrected chi connectivity index (χ0v) is 19.9. The summed E-state index contributed by atoms with van der Waals surface area (Å²) in [6.45, 7) is 4.75. The number of pyridine rings is 1. The van der Waals surface area contributed by atoms with E-state index in [-0.39, 0.29) is 40.9 Å². The Bertz CT molecular complexity index is 1370. The Morgan fingerprint density at radius 3 is 2.61 bits per heavy atom. The molecular formula is C27H26F4N2O3. The molecule has 2 heterocycles. The average molecular weight is 503 g/mol. The molecule has 0 aliphatic carbocycles. The van der Waals surface area contributed by atoms with Gasteiger partial charge in [-0.05, 0) is 61.2 Å². The molecule has 4 rings (SSSR count). The van der Waals surface area contributed by atoms with Gasteiger partial charge in [-0.2, -0.15) is 13.2 Å². The molecule has 2 aromatic heterocycles. The molecule has 0 saturated carbocycles. The maximum absolute atomic E-state index is 15.1. The molecule has 9 heteroatoms. The molecule has 5 nitrogen and oxygen atoms in total. The van der Waals surface area contributed by atoms with Crippen molar-refractivity contribution < 1.29 is 31.5 Å². The standard InChI is InChI=1S/C27H26F4N2O3/c1-3-34-9-7-18-5-4-16(2)10-24(18)35-14-17-11-20(19-6-8-33-23(13-32)25(19)28)26-21(12-17)22(15-36-26)27(29,30)31/h4-6,8,10-12,15H,3,7,9,13-14,32H2,1-2H3. The number of fused-ring (bicyclic) bond motifs is 1. The van der Waals surface area contributed by atoms with Crippen molar-refractivity contribution >= 4 is 11.0 Å². The van der Waals surface area contributed by atoms with Crippen LogP contribution >= 0.6 is 0 Å². The van der Waals surface area contributed by atoms with Gasteiger partial charge in [-0.25, -0.2) is 4.39 Å². The van der Waals surface area contributed by atoms with Crippen LogP contribution in [-0.4, -0.2) is 18.2 Å². The first-order chi connectivity index (χ1) is 17.2. The first-order valence-electron chi connectivity index (χ1n) is 11.5. The fourth-order valence-corrected chi connectivity index (χ4v) is 4.03. The third-order valence-corrected chi connectivity index (χ3v) is 5.82. The van der Waals surface area contributed by atoms with Gasteiger partial charge in [-0.3, -0.25) is 4.98 Å². The molecule has 36 heavy (non-hydrogen) atoms. The molecule has 2 aromatic carbocycles. The highest BCUT2D eigenvalue weighted by atomic mass is 19.4. The molecule has 0 atom stereocenters. The van der Waals surface area contributed by atoms with Crippen molar-refractivity contribution in [1.29, 1.82) is 0 Å². The molecule has 0 aliphatic heterocycles. The molecule has 0 aliphatic rings. The average Bonchev–Trinajstić information content (AvgIpc) is 3.28. The summed E-state index contributed by atoms with van der Waals surface area (Å²) >= 11 is 0. The van der Waals surface area contributed by atoms with E-state index in [4.69, 9.17) is 19.6 Å². The number of halogens is 4. The number of hydrogen-bond donors (Lipinski definition) is 1. The van der Waals surface area contributed by atoms with Gasteiger partial charge in [-0.1, -0.05) is 12.1 Å². The maximum atomic E-state index is 15.1. The summed E-state index contributed by atoms with van der Waals surface area (Å²) in [6, 6.07) is 10.1. The SMILES string of the molecule is CCOCCc1ccc(C)cc1OCc1cc(-c2ccnc(CN)c2F)c2occ(C(F)(F)F)c2c1. The summed E-state index contributed by atoms with van der Waals surface area (Å²) in [5, 5.41) is -0.176. The number of hydrogen-bond acceptors (Lipinski definition) is 5. The second-order valence-electron chi connectivity index (χ2n) is 8.34. The predicted molar refractivity (Wildman–Crippen MR) is 128 cm³/mol. The number of alkyl halides is 3.